The number of thiophene rings is 1. The van der Waals surface area contributed by atoms with Gasteiger partial charge in [-0.2, -0.15) is 0 Å². The molecule has 0 spiro atoms. The SMILES string of the molecule is c1ccc2c(-c3nc(-c4cccc5oc6ccc(-c7ccc8ccc9c%10ccccc%10ccc9c8c7)cc6c45)nc4c3sc3ccccc34)cccc2c1. The molecule has 0 saturated carbocycles. The fourth-order valence-corrected chi connectivity index (χ4v) is 9.66. The number of aromatic nitrogens is 2. The minimum Gasteiger partial charge on any atom is -0.456 e. The number of hydrogen-bond acceptors (Lipinski definition) is 4. The first kappa shape index (κ1) is 29.7. The largest absolute Gasteiger partial charge is 0.456 e. The van der Waals surface area contributed by atoms with Gasteiger partial charge in [0.25, 0.3) is 0 Å². The molecule has 0 aliphatic heterocycles. The number of fused-ring (bicyclic) bond motifs is 12. The first-order valence-corrected chi connectivity index (χ1v) is 19.0. The van der Waals surface area contributed by atoms with Gasteiger partial charge in [0, 0.05) is 32.0 Å². The van der Waals surface area contributed by atoms with E-state index >= 15 is 0 Å². The first-order valence-electron chi connectivity index (χ1n) is 18.2. The molecule has 54 heavy (non-hydrogen) atoms. The lowest BCUT2D eigenvalue weighted by atomic mass is 9.94. The summed E-state index contributed by atoms with van der Waals surface area (Å²) in [5.74, 6) is 0.692. The van der Waals surface area contributed by atoms with Gasteiger partial charge in [-0.1, -0.05) is 140 Å². The van der Waals surface area contributed by atoms with Crippen LogP contribution in [0.15, 0.2) is 174 Å². The summed E-state index contributed by atoms with van der Waals surface area (Å²) < 4.78 is 8.84. The fourth-order valence-electron chi connectivity index (χ4n) is 8.52. The second-order valence-corrected chi connectivity index (χ2v) is 15.1. The summed E-state index contributed by atoms with van der Waals surface area (Å²) in [4.78, 5) is 10.8. The third-order valence-electron chi connectivity index (χ3n) is 11.1. The van der Waals surface area contributed by atoms with Gasteiger partial charge in [-0.15, -0.1) is 11.3 Å². The van der Waals surface area contributed by atoms with Crippen LogP contribution in [0.4, 0.5) is 0 Å². The Morgan fingerprint density at radius 3 is 1.91 bits per heavy atom. The Morgan fingerprint density at radius 1 is 0.407 bits per heavy atom. The molecule has 0 aliphatic carbocycles. The number of hydrogen-bond donors (Lipinski definition) is 0. The van der Waals surface area contributed by atoms with Crippen LogP contribution in [0.5, 0.6) is 0 Å². The zero-order chi connectivity index (χ0) is 35.3. The molecule has 3 nitrogen and oxygen atoms in total. The van der Waals surface area contributed by atoms with E-state index in [2.05, 4.69) is 170 Å². The first-order chi connectivity index (χ1) is 26.7. The van der Waals surface area contributed by atoms with Crippen LogP contribution in [0.3, 0.4) is 0 Å². The lowest BCUT2D eigenvalue weighted by molar-refractivity contribution is 0.669. The predicted molar refractivity (Wildman–Crippen MR) is 229 cm³/mol. The van der Waals surface area contributed by atoms with Gasteiger partial charge >= 0.3 is 0 Å². The van der Waals surface area contributed by atoms with Gasteiger partial charge in [-0.05, 0) is 84.5 Å². The normalized spacial score (nSPS) is 12.1. The standard InChI is InChI=1S/C50H28N2OS/c1-4-13-35-29(9-1)11-7-15-38(35)47-49-48(39-14-5-6-18-45(39)54-49)52-50(51-47)40-16-8-17-44-46(40)42-28-33(23-26-43(42)53-44)32-20-19-31-22-24-36-34-12-3-2-10-30(34)21-25-37(36)41(31)27-32/h1-28H. The molecule has 0 radical (unpaired) electrons. The van der Waals surface area contributed by atoms with Crippen LogP contribution in [0.1, 0.15) is 0 Å². The van der Waals surface area contributed by atoms with Crippen LogP contribution in [0.25, 0.3) is 119 Å². The van der Waals surface area contributed by atoms with Crippen molar-refractivity contribution < 1.29 is 4.42 Å². The molecule has 0 N–H and O–H groups in total. The van der Waals surface area contributed by atoms with E-state index < -0.39 is 0 Å². The maximum Gasteiger partial charge on any atom is 0.161 e. The lowest BCUT2D eigenvalue weighted by Crippen LogP contribution is -1.94. The maximum absolute atomic E-state index is 6.54. The molecule has 0 aliphatic rings. The van der Waals surface area contributed by atoms with Crippen LogP contribution in [-0.2, 0) is 0 Å². The quantitative estimate of drug-likeness (QED) is 0.172. The van der Waals surface area contributed by atoms with E-state index in [1.54, 1.807) is 11.3 Å². The molecule has 0 fully saturated rings. The molecule has 0 saturated heterocycles. The molecule has 3 aromatic heterocycles. The zero-order valence-electron chi connectivity index (χ0n) is 28.9. The van der Waals surface area contributed by atoms with Gasteiger partial charge < -0.3 is 4.42 Å². The van der Waals surface area contributed by atoms with Crippen molar-refractivity contribution in [3.63, 3.8) is 0 Å². The Balaban J connectivity index is 1.09. The highest BCUT2D eigenvalue weighted by molar-refractivity contribution is 7.26. The number of rotatable bonds is 3. The van der Waals surface area contributed by atoms with Gasteiger partial charge in [0.05, 0.1) is 15.9 Å². The molecule has 12 rings (SSSR count). The van der Waals surface area contributed by atoms with Crippen molar-refractivity contribution >= 4 is 96.7 Å². The van der Waals surface area contributed by atoms with Crippen molar-refractivity contribution in [2.75, 3.05) is 0 Å². The Morgan fingerprint density at radius 2 is 1.04 bits per heavy atom. The zero-order valence-corrected chi connectivity index (χ0v) is 29.7. The fraction of sp³-hybridized carbons (Fsp3) is 0. The van der Waals surface area contributed by atoms with E-state index in [0.29, 0.717) is 5.82 Å². The number of furan rings is 1. The van der Waals surface area contributed by atoms with E-state index in [1.807, 2.05) is 0 Å². The van der Waals surface area contributed by atoms with Gasteiger partial charge in [-0.25, -0.2) is 9.97 Å². The van der Waals surface area contributed by atoms with E-state index in [1.165, 1.54) is 47.8 Å². The Kier molecular flexibility index (Phi) is 6.21. The summed E-state index contributed by atoms with van der Waals surface area (Å²) in [5, 5.41) is 13.1. The Bertz CT molecular complexity index is 3510. The van der Waals surface area contributed by atoms with Crippen molar-refractivity contribution in [1.82, 2.24) is 9.97 Å². The minimum atomic E-state index is 0.692. The van der Waals surface area contributed by atoms with Crippen molar-refractivity contribution in [3.05, 3.63) is 170 Å². The predicted octanol–water partition coefficient (Wildman–Crippen LogP) is 14.4. The molecule has 0 amide bonds. The van der Waals surface area contributed by atoms with Crippen LogP contribution < -0.4 is 0 Å². The third-order valence-corrected chi connectivity index (χ3v) is 12.2. The molecular weight excluding hydrogens is 677 g/mol. The Hall–Kier alpha value is -6.88. The number of nitrogens with zero attached hydrogens (tertiary/aromatic N) is 2. The monoisotopic (exact) mass is 704 g/mol. The van der Waals surface area contributed by atoms with E-state index in [9.17, 15) is 0 Å². The highest BCUT2D eigenvalue weighted by atomic mass is 32.1. The van der Waals surface area contributed by atoms with Crippen LogP contribution in [0, 0.1) is 0 Å². The van der Waals surface area contributed by atoms with Crippen LogP contribution in [-0.4, -0.2) is 9.97 Å². The summed E-state index contributed by atoms with van der Waals surface area (Å²) in [6.45, 7) is 0. The van der Waals surface area contributed by atoms with E-state index in [4.69, 9.17) is 14.4 Å². The van der Waals surface area contributed by atoms with Crippen molar-refractivity contribution in [2.45, 2.75) is 0 Å². The second kappa shape index (κ2) is 11.3. The number of benzene rings is 9. The summed E-state index contributed by atoms with van der Waals surface area (Å²) in [7, 11) is 0. The van der Waals surface area contributed by atoms with Crippen LogP contribution in [0.2, 0.25) is 0 Å². The molecule has 0 bridgehead atoms. The van der Waals surface area contributed by atoms with Crippen LogP contribution >= 0.6 is 11.3 Å². The smallest absolute Gasteiger partial charge is 0.161 e. The molecular formula is C50H28N2OS. The minimum absolute atomic E-state index is 0.692. The van der Waals surface area contributed by atoms with E-state index in [0.717, 1.165) is 65.5 Å². The van der Waals surface area contributed by atoms with E-state index in [-0.39, 0.29) is 0 Å². The van der Waals surface area contributed by atoms with Gasteiger partial charge in [0.1, 0.15) is 11.2 Å². The summed E-state index contributed by atoms with van der Waals surface area (Å²) in [5.41, 5.74) is 7.96. The molecule has 3 heterocycles. The third kappa shape index (κ3) is 4.35. The molecule has 0 atom stereocenters. The average Bonchev–Trinajstić information content (AvgIpc) is 3.81. The maximum atomic E-state index is 6.54. The Labute approximate surface area is 313 Å². The highest BCUT2D eigenvalue weighted by Crippen LogP contribution is 2.44. The summed E-state index contributed by atoms with van der Waals surface area (Å²) >= 11 is 1.76. The molecule has 12 aromatic rings. The highest BCUT2D eigenvalue weighted by Gasteiger charge is 2.21. The van der Waals surface area contributed by atoms with Gasteiger partial charge in [-0.3, -0.25) is 0 Å². The van der Waals surface area contributed by atoms with Crippen molar-refractivity contribution in [3.8, 4) is 33.8 Å². The molecule has 9 aromatic carbocycles. The van der Waals surface area contributed by atoms with Gasteiger partial charge in [0.15, 0.2) is 5.82 Å². The molecule has 0 unspecified atom stereocenters. The summed E-state index contributed by atoms with van der Waals surface area (Å²) in [6.07, 6.45) is 0. The lowest BCUT2D eigenvalue weighted by Gasteiger charge is -2.11. The average molecular weight is 705 g/mol. The molecule has 4 heteroatoms. The topological polar surface area (TPSA) is 38.9 Å². The van der Waals surface area contributed by atoms with Crippen molar-refractivity contribution in [2.24, 2.45) is 0 Å². The van der Waals surface area contributed by atoms with Gasteiger partial charge in [0.2, 0.25) is 0 Å². The van der Waals surface area contributed by atoms with Crippen molar-refractivity contribution in [1.29, 1.82) is 0 Å². The second-order valence-electron chi connectivity index (χ2n) is 14.1. The molecule has 250 valence electrons. The summed E-state index contributed by atoms with van der Waals surface area (Å²) in [6, 6.07) is 60.8.